The number of hydrogen-bond donors (Lipinski definition) is 1. The van der Waals surface area contributed by atoms with E-state index in [0.717, 1.165) is 28.4 Å². The van der Waals surface area contributed by atoms with E-state index in [2.05, 4.69) is 49.3 Å². The Morgan fingerprint density at radius 1 is 1.29 bits per heavy atom. The predicted molar refractivity (Wildman–Crippen MR) is 89.1 cm³/mol. The first-order valence-corrected chi connectivity index (χ1v) is 8.26. The number of nitrogens with two attached hydrogens (primary N) is 1. The van der Waals surface area contributed by atoms with Crippen molar-refractivity contribution in [2.75, 3.05) is 0 Å². The summed E-state index contributed by atoms with van der Waals surface area (Å²) in [6.45, 7) is 8.92. The molecule has 2 aromatic rings. The van der Waals surface area contributed by atoms with Crippen LogP contribution in [-0.2, 0) is 13.0 Å². The quantitative estimate of drug-likeness (QED) is 0.876. The van der Waals surface area contributed by atoms with E-state index < -0.39 is 0 Å². The maximum atomic E-state index is 6.04. The van der Waals surface area contributed by atoms with Crippen LogP contribution in [0, 0.1) is 6.92 Å². The summed E-state index contributed by atoms with van der Waals surface area (Å²) in [6, 6.07) is 6.34. The van der Waals surface area contributed by atoms with Gasteiger partial charge in [-0.2, -0.15) is 0 Å². The Morgan fingerprint density at radius 2 is 2.05 bits per heavy atom. The third kappa shape index (κ3) is 4.29. The normalized spacial score (nSPS) is 12.7. The standard InChI is InChI=1S/C17H24N2OS/c1-11(2)17-19-15(10-21-17)9-20-16-12(3)6-5-7-14(16)8-13(4)18/h5-7,10-11,13H,8-9,18H2,1-4H3. The van der Waals surface area contributed by atoms with Gasteiger partial charge in [-0.25, -0.2) is 4.98 Å². The summed E-state index contributed by atoms with van der Waals surface area (Å²) in [5.41, 5.74) is 9.24. The Balaban J connectivity index is 2.11. The van der Waals surface area contributed by atoms with Crippen molar-refractivity contribution in [1.29, 1.82) is 0 Å². The molecule has 0 spiro atoms. The van der Waals surface area contributed by atoms with Crippen LogP contribution in [-0.4, -0.2) is 11.0 Å². The van der Waals surface area contributed by atoms with Crippen LogP contribution in [0.1, 0.15) is 48.5 Å². The molecule has 0 bridgehead atoms. The van der Waals surface area contributed by atoms with E-state index in [4.69, 9.17) is 10.5 Å². The molecule has 0 fully saturated rings. The molecular formula is C17H24N2OS. The lowest BCUT2D eigenvalue weighted by Gasteiger charge is -2.15. The van der Waals surface area contributed by atoms with Gasteiger partial charge in [0.1, 0.15) is 12.4 Å². The topological polar surface area (TPSA) is 48.1 Å². The fourth-order valence-corrected chi connectivity index (χ4v) is 3.05. The number of rotatable bonds is 6. The molecule has 0 amide bonds. The molecule has 0 aliphatic carbocycles. The molecule has 1 aromatic carbocycles. The smallest absolute Gasteiger partial charge is 0.131 e. The molecule has 3 nitrogen and oxygen atoms in total. The predicted octanol–water partition coefficient (Wildman–Crippen LogP) is 4.04. The average Bonchev–Trinajstić information content (AvgIpc) is 2.86. The third-order valence-electron chi connectivity index (χ3n) is 3.26. The summed E-state index contributed by atoms with van der Waals surface area (Å²) < 4.78 is 6.04. The molecule has 4 heteroatoms. The van der Waals surface area contributed by atoms with E-state index in [-0.39, 0.29) is 6.04 Å². The molecule has 21 heavy (non-hydrogen) atoms. The van der Waals surface area contributed by atoms with Gasteiger partial charge in [-0.3, -0.25) is 0 Å². The van der Waals surface area contributed by atoms with Crippen molar-refractivity contribution < 1.29 is 4.74 Å². The Hall–Kier alpha value is -1.39. The second-order valence-electron chi connectivity index (χ2n) is 5.87. The highest BCUT2D eigenvalue weighted by atomic mass is 32.1. The van der Waals surface area contributed by atoms with Gasteiger partial charge >= 0.3 is 0 Å². The minimum absolute atomic E-state index is 0.126. The van der Waals surface area contributed by atoms with Gasteiger partial charge in [0, 0.05) is 17.3 Å². The zero-order valence-electron chi connectivity index (χ0n) is 13.2. The van der Waals surface area contributed by atoms with Gasteiger partial charge in [0.05, 0.1) is 10.7 Å². The summed E-state index contributed by atoms with van der Waals surface area (Å²) in [7, 11) is 0. The molecule has 1 aromatic heterocycles. The van der Waals surface area contributed by atoms with Crippen molar-refractivity contribution in [3.63, 3.8) is 0 Å². The maximum absolute atomic E-state index is 6.04. The van der Waals surface area contributed by atoms with Crippen molar-refractivity contribution in [1.82, 2.24) is 4.98 Å². The van der Waals surface area contributed by atoms with E-state index in [1.807, 2.05) is 6.92 Å². The van der Waals surface area contributed by atoms with E-state index in [0.29, 0.717) is 12.5 Å². The van der Waals surface area contributed by atoms with Crippen molar-refractivity contribution in [2.45, 2.75) is 52.7 Å². The zero-order valence-corrected chi connectivity index (χ0v) is 14.0. The summed E-state index contributed by atoms with van der Waals surface area (Å²) in [4.78, 5) is 4.61. The molecule has 0 aliphatic heterocycles. The second-order valence-corrected chi connectivity index (χ2v) is 6.75. The van der Waals surface area contributed by atoms with Crippen molar-refractivity contribution in [3.8, 4) is 5.75 Å². The van der Waals surface area contributed by atoms with Gasteiger partial charge in [-0.05, 0) is 31.4 Å². The zero-order chi connectivity index (χ0) is 15.4. The number of ether oxygens (including phenoxy) is 1. The molecule has 1 atom stereocenters. The van der Waals surface area contributed by atoms with Crippen LogP contribution in [0.5, 0.6) is 5.75 Å². The van der Waals surface area contributed by atoms with Gasteiger partial charge in [0.25, 0.3) is 0 Å². The lowest BCUT2D eigenvalue weighted by atomic mass is 10.0. The summed E-state index contributed by atoms with van der Waals surface area (Å²) in [5.74, 6) is 1.42. The minimum atomic E-state index is 0.126. The SMILES string of the molecule is Cc1cccc(CC(C)N)c1OCc1csc(C(C)C)n1. The number of benzene rings is 1. The van der Waals surface area contributed by atoms with Crippen LogP contribution in [0.3, 0.4) is 0 Å². The van der Waals surface area contributed by atoms with E-state index in [1.165, 1.54) is 5.56 Å². The molecule has 0 radical (unpaired) electrons. The number of aryl methyl sites for hydroxylation is 1. The Kier molecular flexibility index (Phi) is 5.37. The number of para-hydroxylation sites is 1. The van der Waals surface area contributed by atoms with E-state index in [1.54, 1.807) is 11.3 Å². The second kappa shape index (κ2) is 7.05. The molecule has 114 valence electrons. The maximum Gasteiger partial charge on any atom is 0.131 e. The largest absolute Gasteiger partial charge is 0.487 e. The first kappa shape index (κ1) is 16.0. The lowest BCUT2D eigenvalue weighted by Crippen LogP contribution is -2.18. The highest BCUT2D eigenvalue weighted by molar-refractivity contribution is 7.09. The molecule has 0 saturated carbocycles. The van der Waals surface area contributed by atoms with Crippen molar-refractivity contribution in [3.05, 3.63) is 45.4 Å². The Morgan fingerprint density at radius 3 is 2.67 bits per heavy atom. The highest BCUT2D eigenvalue weighted by Gasteiger charge is 2.11. The summed E-state index contributed by atoms with van der Waals surface area (Å²) in [6.07, 6.45) is 0.825. The van der Waals surface area contributed by atoms with E-state index >= 15 is 0 Å². The van der Waals surface area contributed by atoms with Gasteiger partial charge < -0.3 is 10.5 Å². The third-order valence-corrected chi connectivity index (χ3v) is 4.46. The van der Waals surface area contributed by atoms with Crippen molar-refractivity contribution in [2.24, 2.45) is 5.73 Å². The summed E-state index contributed by atoms with van der Waals surface area (Å²) in [5, 5.41) is 3.24. The lowest BCUT2D eigenvalue weighted by molar-refractivity contribution is 0.296. The number of aromatic nitrogens is 1. The molecule has 0 aliphatic rings. The Bertz CT molecular complexity index is 590. The fourth-order valence-electron chi connectivity index (χ4n) is 2.23. The van der Waals surface area contributed by atoms with Gasteiger partial charge in [-0.15, -0.1) is 11.3 Å². The molecule has 2 N–H and O–H groups in total. The minimum Gasteiger partial charge on any atom is -0.487 e. The summed E-state index contributed by atoms with van der Waals surface area (Å²) >= 11 is 1.70. The molecular weight excluding hydrogens is 280 g/mol. The van der Waals surface area contributed by atoms with Gasteiger partial charge in [0.15, 0.2) is 0 Å². The average molecular weight is 304 g/mol. The fraction of sp³-hybridized carbons (Fsp3) is 0.471. The van der Waals surface area contributed by atoms with Crippen LogP contribution < -0.4 is 10.5 Å². The molecule has 0 saturated heterocycles. The molecule has 1 heterocycles. The van der Waals surface area contributed by atoms with Crippen molar-refractivity contribution >= 4 is 11.3 Å². The number of thiazole rings is 1. The number of hydrogen-bond acceptors (Lipinski definition) is 4. The Labute approximate surface area is 131 Å². The first-order chi connectivity index (χ1) is 9.97. The van der Waals surface area contributed by atoms with Gasteiger partial charge in [0.2, 0.25) is 0 Å². The van der Waals surface area contributed by atoms with E-state index in [9.17, 15) is 0 Å². The van der Waals surface area contributed by atoms with Gasteiger partial charge in [-0.1, -0.05) is 32.0 Å². The van der Waals surface area contributed by atoms with Crippen LogP contribution in [0.4, 0.5) is 0 Å². The monoisotopic (exact) mass is 304 g/mol. The van der Waals surface area contributed by atoms with Crippen LogP contribution >= 0.6 is 11.3 Å². The molecule has 1 unspecified atom stereocenters. The van der Waals surface area contributed by atoms with Crippen LogP contribution in [0.2, 0.25) is 0 Å². The highest BCUT2D eigenvalue weighted by Crippen LogP contribution is 2.26. The van der Waals surface area contributed by atoms with Crippen LogP contribution in [0.15, 0.2) is 23.6 Å². The van der Waals surface area contributed by atoms with Crippen LogP contribution in [0.25, 0.3) is 0 Å². The first-order valence-electron chi connectivity index (χ1n) is 7.38. The number of nitrogens with zero attached hydrogens (tertiary/aromatic N) is 1. The molecule has 2 rings (SSSR count).